The third-order valence-corrected chi connectivity index (χ3v) is 4.37. The van der Waals surface area contributed by atoms with Crippen molar-refractivity contribution in [3.8, 4) is 0 Å². The first-order chi connectivity index (χ1) is 11.8. The summed E-state index contributed by atoms with van der Waals surface area (Å²) >= 11 is 1.27. The van der Waals surface area contributed by atoms with E-state index in [1.54, 1.807) is 30.2 Å². The second kappa shape index (κ2) is 6.32. The third-order valence-electron chi connectivity index (χ3n) is 3.76. The summed E-state index contributed by atoms with van der Waals surface area (Å²) in [5.41, 5.74) is 2.03. The summed E-state index contributed by atoms with van der Waals surface area (Å²) in [6, 6.07) is 3.77. The Labute approximate surface area is 141 Å². The van der Waals surface area contributed by atoms with Crippen LogP contribution in [0, 0.1) is 0 Å². The molecule has 3 aromatic rings. The van der Waals surface area contributed by atoms with Crippen molar-refractivity contribution in [1.29, 1.82) is 0 Å². The van der Waals surface area contributed by atoms with Gasteiger partial charge >= 0.3 is 0 Å². The van der Waals surface area contributed by atoms with Gasteiger partial charge in [0.2, 0.25) is 5.13 Å². The summed E-state index contributed by atoms with van der Waals surface area (Å²) in [7, 11) is 0. The van der Waals surface area contributed by atoms with Crippen molar-refractivity contribution in [3.05, 3.63) is 41.6 Å². The van der Waals surface area contributed by atoms with Gasteiger partial charge in [-0.1, -0.05) is 11.3 Å². The fourth-order valence-electron chi connectivity index (χ4n) is 2.57. The van der Waals surface area contributed by atoms with E-state index in [1.807, 2.05) is 4.68 Å². The van der Waals surface area contributed by atoms with Crippen molar-refractivity contribution >= 4 is 28.2 Å². The van der Waals surface area contributed by atoms with Crippen LogP contribution in [0.25, 0.3) is 0 Å². The van der Waals surface area contributed by atoms with Crippen LogP contribution in [0.2, 0.25) is 0 Å². The fraction of sp³-hybridized carbons (Fsp3) is 0.286. The summed E-state index contributed by atoms with van der Waals surface area (Å²) in [4.78, 5) is 20.6. The molecule has 0 saturated heterocycles. The summed E-state index contributed by atoms with van der Waals surface area (Å²) in [5.74, 6) is 1.50. The van der Waals surface area contributed by atoms with Crippen molar-refractivity contribution in [1.82, 2.24) is 29.9 Å². The number of fused-ring (bicyclic) bond motifs is 1. The van der Waals surface area contributed by atoms with Crippen LogP contribution in [0.4, 0.5) is 10.9 Å². The van der Waals surface area contributed by atoms with E-state index in [0.717, 1.165) is 31.0 Å². The van der Waals surface area contributed by atoms with E-state index in [-0.39, 0.29) is 11.9 Å². The number of anilines is 2. The van der Waals surface area contributed by atoms with E-state index in [2.05, 4.69) is 35.9 Å². The largest absolute Gasteiger partial charge is 0.365 e. The van der Waals surface area contributed by atoms with E-state index in [1.165, 1.54) is 11.3 Å². The number of carbonyl (C=O) groups is 1. The van der Waals surface area contributed by atoms with Crippen molar-refractivity contribution in [2.75, 3.05) is 10.6 Å². The third kappa shape index (κ3) is 3.08. The van der Waals surface area contributed by atoms with Crippen LogP contribution in [0.15, 0.2) is 30.2 Å². The average molecular weight is 342 g/mol. The van der Waals surface area contributed by atoms with E-state index >= 15 is 0 Å². The zero-order chi connectivity index (χ0) is 16.4. The molecule has 10 heteroatoms. The number of nitrogens with zero attached hydrogens (tertiary/aromatic N) is 6. The average Bonchev–Trinajstić information content (AvgIpc) is 3.26. The summed E-state index contributed by atoms with van der Waals surface area (Å²) in [6.07, 6.45) is 4.99. The van der Waals surface area contributed by atoms with Crippen molar-refractivity contribution in [2.45, 2.75) is 25.4 Å². The molecule has 0 aliphatic carbocycles. The Morgan fingerprint density at radius 1 is 1.33 bits per heavy atom. The highest BCUT2D eigenvalue weighted by atomic mass is 32.1. The number of hydrogen-bond donors (Lipinski definition) is 2. The Hall–Kier alpha value is -2.88. The van der Waals surface area contributed by atoms with Gasteiger partial charge in [-0.25, -0.2) is 14.6 Å². The molecule has 1 aliphatic rings. The normalized spacial score (nSPS) is 16.4. The molecule has 1 aliphatic heterocycles. The smallest absolute Gasteiger partial charge is 0.259 e. The fourth-order valence-corrected chi connectivity index (χ4v) is 3.01. The first-order valence-corrected chi connectivity index (χ1v) is 8.33. The number of carbonyl (C=O) groups excluding carboxylic acids is 1. The molecule has 1 atom stereocenters. The predicted octanol–water partition coefficient (Wildman–Crippen LogP) is 1.20. The van der Waals surface area contributed by atoms with Gasteiger partial charge in [-0.2, -0.15) is 5.10 Å². The minimum atomic E-state index is -0.254. The molecule has 4 heterocycles. The van der Waals surface area contributed by atoms with E-state index in [4.69, 9.17) is 0 Å². The topological polar surface area (TPSA) is 111 Å². The number of aromatic nitrogens is 6. The highest BCUT2D eigenvalue weighted by Crippen LogP contribution is 2.16. The van der Waals surface area contributed by atoms with Crippen LogP contribution in [0.1, 0.15) is 22.6 Å². The van der Waals surface area contributed by atoms with Gasteiger partial charge in [0.1, 0.15) is 23.5 Å². The SMILES string of the molecule is O=C(Nc1nncs1)c1ccc(NC2CCc3ncnn3C2)nc1. The Balaban J connectivity index is 1.38. The standard InChI is InChI=1S/C14H14N8OS/c23-13(20-14-21-17-8-24-14)9-1-3-11(15-5-9)19-10-2-4-12-16-7-18-22(12)6-10/h1,3,5,7-8,10H,2,4,6H2,(H,15,19)(H,20,21,23). The van der Waals surface area contributed by atoms with Crippen LogP contribution in [-0.4, -0.2) is 41.9 Å². The number of hydrogen-bond acceptors (Lipinski definition) is 8. The number of aryl methyl sites for hydroxylation is 1. The lowest BCUT2D eigenvalue weighted by atomic mass is 10.1. The molecule has 0 radical (unpaired) electrons. The Bertz CT molecular complexity index is 829. The molecule has 0 bridgehead atoms. The first-order valence-electron chi connectivity index (χ1n) is 7.45. The van der Waals surface area contributed by atoms with Gasteiger partial charge in [0.15, 0.2) is 0 Å². The van der Waals surface area contributed by atoms with Crippen LogP contribution in [0.5, 0.6) is 0 Å². The number of amides is 1. The summed E-state index contributed by atoms with van der Waals surface area (Å²) in [6.45, 7) is 0.760. The molecule has 0 saturated carbocycles. The molecule has 0 spiro atoms. The van der Waals surface area contributed by atoms with Crippen LogP contribution in [-0.2, 0) is 13.0 Å². The van der Waals surface area contributed by atoms with Gasteiger partial charge in [-0.15, -0.1) is 10.2 Å². The van der Waals surface area contributed by atoms with Gasteiger partial charge in [0, 0.05) is 18.7 Å². The highest BCUT2D eigenvalue weighted by molar-refractivity contribution is 7.13. The van der Waals surface area contributed by atoms with E-state index in [9.17, 15) is 4.79 Å². The minimum absolute atomic E-state index is 0.243. The number of rotatable bonds is 4. The molecule has 1 unspecified atom stereocenters. The van der Waals surface area contributed by atoms with Gasteiger partial charge in [0.05, 0.1) is 12.1 Å². The van der Waals surface area contributed by atoms with Gasteiger partial charge in [-0.3, -0.25) is 10.1 Å². The molecule has 0 aromatic carbocycles. The van der Waals surface area contributed by atoms with Gasteiger partial charge in [-0.05, 0) is 18.6 Å². The maximum absolute atomic E-state index is 12.1. The number of nitrogens with one attached hydrogen (secondary N) is 2. The Morgan fingerprint density at radius 2 is 2.29 bits per heavy atom. The molecular weight excluding hydrogens is 328 g/mol. The highest BCUT2D eigenvalue weighted by Gasteiger charge is 2.20. The van der Waals surface area contributed by atoms with Crippen molar-refractivity contribution in [2.24, 2.45) is 0 Å². The zero-order valence-electron chi connectivity index (χ0n) is 12.6. The molecular formula is C14H14N8OS. The van der Waals surface area contributed by atoms with Crippen molar-refractivity contribution < 1.29 is 4.79 Å². The van der Waals surface area contributed by atoms with Crippen LogP contribution >= 0.6 is 11.3 Å². The molecule has 0 fully saturated rings. The first kappa shape index (κ1) is 14.7. The summed E-state index contributed by atoms with van der Waals surface area (Å²) in [5, 5.41) is 18.2. The zero-order valence-corrected chi connectivity index (χ0v) is 13.4. The van der Waals surface area contributed by atoms with Gasteiger partial charge in [0.25, 0.3) is 5.91 Å². The van der Waals surface area contributed by atoms with Gasteiger partial charge < -0.3 is 5.32 Å². The second-order valence-electron chi connectivity index (χ2n) is 5.37. The molecule has 9 nitrogen and oxygen atoms in total. The van der Waals surface area contributed by atoms with Crippen LogP contribution in [0.3, 0.4) is 0 Å². The maximum Gasteiger partial charge on any atom is 0.259 e. The molecule has 122 valence electrons. The predicted molar refractivity (Wildman–Crippen MR) is 87.9 cm³/mol. The maximum atomic E-state index is 12.1. The lowest BCUT2D eigenvalue weighted by Gasteiger charge is -2.24. The second-order valence-corrected chi connectivity index (χ2v) is 6.20. The van der Waals surface area contributed by atoms with Crippen molar-refractivity contribution in [3.63, 3.8) is 0 Å². The minimum Gasteiger partial charge on any atom is -0.365 e. The Kier molecular flexibility index (Phi) is 3.87. The van der Waals surface area contributed by atoms with Crippen LogP contribution < -0.4 is 10.6 Å². The molecule has 4 rings (SSSR count). The molecule has 1 amide bonds. The quantitative estimate of drug-likeness (QED) is 0.733. The molecule has 2 N–H and O–H groups in total. The van der Waals surface area contributed by atoms with E-state index in [0.29, 0.717) is 10.7 Å². The lowest BCUT2D eigenvalue weighted by molar-refractivity contribution is 0.102. The number of pyridine rings is 1. The summed E-state index contributed by atoms with van der Waals surface area (Å²) < 4.78 is 1.91. The van der Waals surface area contributed by atoms with E-state index < -0.39 is 0 Å². The lowest BCUT2D eigenvalue weighted by Crippen LogP contribution is -2.32. The monoisotopic (exact) mass is 342 g/mol. The Morgan fingerprint density at radius 3 is 3.08 bits per heavy atom. The molecule has 24 heavy (non-hydrogen) atoms. The molecule has 3 aromatic heterocycles.